The lowest BCUT2D eigenvalue weighted by atomic mass is 9.95. The normalized spacial score (nSPS) is 12.5. The number of carbonyl (C=O) groups is 1. The lowest BCUT2D eigenvalue weighted by Crippen LogP contribution is -2.07. The SMILES string of the molecule is Cc1cc(C(CO)CC=O)c(F)cc1Cl. The zero-order valence-corrected chi connectivity index (χ0v) is 9.09. The van der Waals surface area contributed by atoms with Gasteiger partial charge in [0.25, 0.3) is 0 Å². The minimum atomic E-state index is -0.488. The standard InChI is InChI=1S/C11H12ClFO2/c1-7-4-9(8(6-15)2-3-14)11(13)5-10(7)12/h3-5,8,15H,2,6H2,1H3. The Balaban J connectivity index is 3.11. The van der Waals surface area contributed by atoms with Crippen LogP contribution in [0.3, 0.4) is 0 Å². The van der Waals surface area contributed by atoms with E-state index in [1.54, 1.807) is 13.0 Å². The van der Waals surface area contributed by atoms with E-state index >= 15 is 0 Å². The molecule has 0 aliphatic carbocycles. The summed E-state index contributed by atoms with van der Waals surface area (Å²) in [5.41, 5.74) is 1.07. The number of hydrogen-bond acceptors (Lipinski definition) is 2. The van der Waals surface area contributed by atoms with Crippen LogP contribution in [0, 0.1) is 12.7 Å². The molecule has 0 heterocycles. The van der Waals surface area contributed by atoms with Gasteiger partial charge in [0.15, 0.2) is 0 Å². The first-order valence-electron chi connectivity index (χ1n) is 4.60. The molecule has 0 aliphatic rings. The molecule has 0 amide bonds. The Kier molecular flexibility index (Phi) is 4.24. The fourth-order valence-corrected chi connectivity index (χ4v) is 1.56. The van der Waals surface area contributed by atoms with Crippen LogP contribution in [0.15, 0.2) is 12.1 Å². The van der Waals surface area contributed by atoms with Gasteiger partial charge in [0.2, 0.25) is 0 Å². The van der Waals surface area contributed by atoms with Gasteiger partial charge in [0.1, 0.15) is 12.1 Å². The molecule has 1 aromatic carbocycles. The van der Waals surface area contributed by atoms with Gasteiger partial charge in [0.05, 0.1) is 6.61 Å². The van der Waals surface area contributed by atoms with Crippen molar-refractivity contribution in [3.63, 3.8) is 0 Å². The van der Waals surface area contributed by atoms with Crippen LogP contribution in [0.5, 0.6) is 0 Å². The first-order valence-corrected chi connectivity index (χ1v) is 4.98. The van der Waals surface area contributed by atoms with Crippen molar-refractivity contribution in [2.24, 2.45) is 0 Å². The Morgan fingerprint density at radius 3 is 2.80 bits per heavy atom. The topological polar surface area (TPSA) is 37.3 Å². The van der Waals surface area contributed by atoms with E-state index in [4.69, 9.17) is 16.7 Å². The Bertz CT molecular complexity index is 366. The van der Waals surface area contributed by atoms with E-state index in [9.17, 15) is 9.18 Å². The largest absolute Gasteiger partial charge is 0.396 e. The Morgan fingerprint density at radius 2 is 2.27 bits per heavy atom. The summed E-state index contributed by atoms with van der Waals surface area (Å²) < 4.78 is 13.5. The zero-order valence-electron chi connectivity index (χ0n) is 8.34. The summed E-state index contributed by atoms with van der Waals surface area (Å²) in [6, 6.07) is 2.78. The third-order valence-electron chi connectivity index (χ3n) is 2.32. The van der Waals surface area contributed by atoms with Gasteiger partial charge in [-0.2, -0.15) is 0 Å². The number of halogens is 2. The Hall–Kier alpha value is -0.930. The van der Waals surface area contributed by atoms with Crippen molar-refractivity contribution in [2.75, 3.05) is 6.61 Å². The summed E-state index contributed by atoms with van der Waals surface area (Å²) >= 11 is 5.74. The maximum absolute atomic E-state index is 13.5. The molecule has 2 nitrogen and oxygen atoms in total. The van der Waals surface area contributed by atoms with E-state index in [1.807, 2.05) is 0 Å². The molecule has 82 valence electrons. The van der Waals surface area contributed by atoms with Crippen molar-refractivity contribution >= 4 is 17.9 Å². The van der Waals surface area contributed by atoms with Crippen molar-refractivity contribution in [1.82, 2.24) is 0 Å². The second-order valence-electron chi connectivity index (χ2n) is 3.40. The number of hydrogen-bond donors (Lipinski definition) is 1. The monoisotopic (exact) mass is 230 g/mol. The van der Waals surface area contributed by atoms with Crippen LogP contribution in [-0.2, 0) is 4.79 Å². The molecule has 0 saturated heterocycles. The maximum Gasteiger partial charge on any atom is 0.128 e. The number of benzene rings is 1. The quantitative estimate of drug-likeness (QED) is 0.807. The average Bonchev–Trinajstić information content (AvgIpc) is 2.20. The molecule has 1 N–H and O–H groups in total. The summed E-state index contributed by atoms with van der Waals surface area (Å²) in [5.74, 6) is -0.968. The zero-order chi connectivity index (χ0) is 11.4. The molecular formula is C11H12ClFO2. The molecule has 0 spiro atoms. The summed E-state index contributed by atoms with van der Waals surface area (Å²) in [4.78, 5) is 10.4. The molecule has 0 radical (unpaired) electrons. The van der Waals surface area contributed by atoms with Gasteiger partial charge in [-0.05, 0) is 24.1 Å². The van der Waals surface area contributed by atoms with Crippen LogP contribution in [0.1, 0.15) is 23.5 Å². The third-order valence-corrected chi connectivity index (χ3v) is 2.73. The molecule has 1 rings (SSSR count). The molecule has 1 aromatic rings. The first-order chi connectivity index (χ1) is 7.10. The van der Waals surface area contributed by atoms with Crippen LogP contribution in [0.2, 0.25) is 5.02 Å². The Morgan fingerprint density at radius 1 is 1.60 bits per heavy atom. The summed E-state index contributed by atoms with van der Waals surface area (Å²) in [7, 11) is 0. The van der Waals surface area contributed by atoms with Crippen LogP contribution in [0.4, 0.5) is 4.39 Å². The minimum Gasteiger partial charge on any atom is -0.396 e. The molecular weight excluding hydrogens is 219 g/mol. The van der Waals surface area contributed by atoms with Gasteiger partial charge >= 0.3 is 0 Å². The molecule has 1 atom stereocenters. The van der Waals surface area contributed by atoms with E-state index in [0.717, 1.165) is 5.56 Å². The highest BCUT2D eigenvalue weighted by Crippen LogP contribution is 2.26. The minimum absolute atomic E-state index is 0.106. The number of aryl methyl sites for hydroxylation is 1. The van der Waals surface area contributed by atoms with Crippen LogP contribution in [-0.4, -0.2) is 18.0 Å². The van der Waals surface area contributed by atoms with Gasteiger partial charge in [-0.1, -0.05) is 17.7 Å². The summed E-state index contributed by atoms with van der Waals surface area (Å²) in [5, 5.41) is 9.38. The highest BCUT2D eigenvalue weighted by atomic mass is 35.5. The molecule has 0 fully saturated rings. The number of aliphatic hydroxyl groups excluding tert-OH is 1. The molecule has 0 aromatic heterocycles. The number of aldehydes is 1. The molecule has 1 unspecified atom stereocenters. The number of carbonyl (C=O) groups excluding carboxylic acids is 1. The first kappa shape index (κ1) is 12.1. The molecule has 0 saturated carbocycles. The third kappa shape index (κ3) is 2.76. The van der Waals surface area contributed by atoms with Crippen LogP contribution < -0.4 is 0 Å². The van der Waals surface area contributed by atoms with Crippen molar-refractivity contribution in [3.05, 3.63) is 34.1 Å². The lowest BCUT2D eigenvalue weighted by molar-refractivity contribution is -0.108. The average molecular weight is 231 g/mol. The van der Waals surface area contributed by atoms with E-state index < -0.39 is 11.7 Å². The fourth-order valence-electron chi connectivity index (χ4n) is 1.41. The van der Waals surface area contributed by atoms with E-state index in [1.165, 1.54) is 6.07 Å². The smallest absolute Gasteiger partial charge is 0.128 e. The van der Waals surface area contributed by atoms with Gasteiger partial charge in [-0.3, -0.25) is 0 Å². The predicted octanol–water partition coefficient (Wildman–Crippen LogP) is 2.45. The number of aliphatic hydroxyl groups is 1. The second kappa shape index (κ2) is 5.24. The van der Waals surface area contributed by atoms with Crippen molar-refractivity contribution < 1.29 is 14.3 Å². The molecule has 0 bridgehead atoms. The molecule has 4 heteroatoms. The molecule has 0 aliphatic heterocycles. The predicted molar refractivity (Wildman–Crippen MR) is 56.7 cm³/mol. The van der Waals surface area contributed by atoms with Crippen molar-refractivity contribution in [2.45, 2.75) is 19.3 Å². The van der Waals surface area contributed by atoms with Crippen molar-refractivity contribution in [1.29, 1.82) is 0 Å². The van der Waals surface area contributed by atoms with Gasteiger partial charge in [-0.25, -0.2) is 4.39 Å². The van der Waals surface area contributed by atoms with Gasteiger partial charge in [0, 0.05) is 17.4 Å². The second-order valence-corrected chi connectivity index (χ2v) is 3.81. The number of rotatable bonds is 4. The van der Waals surface area contributed by atoms with Gasteiger partial charge < -0.3 is 9.90 Å². The fraction of sp³-hybridized carbons (Fsp3) is 0.364. The van der Waals surface area contributed by atoms with Crippen LogP contribution in [0.25, 0.3) is 0 Å². The van der Waals surface area contributed by atoms with E-state index in [0.29, 0.717) is 16.9 Å². The highest BCUT2D eigenvalue weighted by molar-refractivity contribution is 6.31. The van der Waals surface area contributed by atoms with E-state index in [-0.39, 0.29) is 13.0 Å². The molecule has 15 heavy (non-hydrogen) atoms. The summed E-state index contributed by atoms with van der Waals surface area (Å²) in [6.07, 6.45) is 0.777. The van der Waals surface area contributed by atoms with E-state index in [2.05, 4.69) is 0 Å². The van der Waals surface area contributed by atoms with Crippen LogP contribution >= 0.6 is 11.6 Å². The highest BCUT2D eigenvalue weighted by Gasteiger charge is 2.16. The Labute approximate surface area is 92.7 Å². The van der Waals surface area contributed by atoms with Gasteiger partial charge in [-0.15, -0.1) is 0 Å². The van der Waals surface area contributed by atoms with Crippen molar-refractivity contribution in [3.8, 4) is 0 Å². The summed E-state index contributed by atoms with van der Waals surface area (Å²) in [6.45, 7) is 1.50. The lowest BCUT2D eigenvalue weighted by Gasteiger charge is -2.13. The maximum atomic E-state index is 13.5.